The van der Waals surface area contributed by atoms with E-state index in [9.17, 15) is 14.2 Å². The third-order valence-corrected chi connectivity index (χ3v) is 8.10. The van der Waals surface area contributed by atoms with E-state index in [0.717, 1.165) is 57.8 Å². The Labute approximate surface area is 286 Å². The first kappa shape index (κ1) is 45.0. The average Bonchev–Trinajstić information content (AvgIpc) is 3.03. The van der Waals surface area contributed by atoms with Gasteiger partial charge in [-0.2, -0.15) is 0 Å². The topological polar surface area (TPSA) is 119 Å². The van der Waals surface area contributed by atoms with E-state index in [0.29, 0.717) is 6.42 Å². The molecule has 0 heterocycles. The molecule has 0 amide bonds. The lowest BCUT2D eigenvalue weighted by atomic mass is 10.0. The summed E-state index contributed by atoms with van der Waals surface area (Å²) in [5, 5.41) is 0. The molecule has 0 radical (unpaired) electrons. The largest absolute Gasteiger partial charge is 0.469 e. The van der Waals surface area contributed by atoms with E-state index in [2.05, 4.69) is 67.0 Å². The van der Waals surface area contributed by atoms with Crippen molar-refractivity contribution in [2.24, 2.45) is 0 Å². The number of esters is 2. The fourth-order valence-electron chi connectivity index (χ4n) is 4.89. The number of carbonyl (C=O) groups excluding carboxylic acids is 2. The van der Waals surface area contributed by atoms with Crippen LogP contribution in [0.3, 0.4) is 0 Å². The van der Waals surface area contributed by atoms with Crippen LogP contribution >= 0.6 is 7.82 Å². The molecule has 0 aliphatic heterocycles. The van der Waals surface area contributed by atoms with E-state index in [1.807, 2.05) is 0 Å². The first-order chi connectivity index (χ1) is 22.8. The van der Waals surface area contributed by atoms with Gasteiger partial charge in [-0.3, -0.25) is 14.1 Å². The van der Waals surface area contributed by atoms with Crippen LogP contribution in [0.1, 0.15) is 162 Å². The predicted molar refractivity (Wildman–Crippen MR) is 193 cm³/mol. The van der Waals surface area contributed by atoms with Crippen molar-refractivity contribution in [3.63, 3.8) is 0 Å². The standard InChI is InChI=1S/C38H67O8P/c1-3-5-7-9-11-13-15-17-19-21-23-25-27-29-31-33-38(40)46-36(35-45-47(41,42)43)34-44-37(39)32-30-28-26-24-22-20-18-16-14-12-10-8-6-4-2/h5,7,11,13,17,19,23,25,36H,3-4,6,8-10,12,14-16,18,20-22,24,26-35H2,1-2H3,(H2,41,42,43)/b7-5-,13-11-,19-17-,25-23-/t36-/m1/s1. The van der Waals surface area contributed by atoms with E-state index in [1.165, 1.54) is 70.6 Å². The van der Waals surface area contributed by atoms with Gasteiger partial charge in [-0.25, -0.2) is 4.57 Å². The molecule has 2 N–H and O–H groups in total. The highest BCUT2D eigenvalue weighted by atomic mass is 31.2. The minimum atomic E-state index is -4.76. The van der Waals surface area contributed by atoms with E-state index in [1.54, 1.807) is 0 Å². The van der Waals surface area contributed by atoms with Gasteiger partial charge in [-0.05, 0) is 51.4 Å². The van der Waals surface area contributed by atoms with Crippen LogP contribution in [0.15, 0.2) is 48.6 Å². The van der Waals surface area contributed by atoms with Gasteiger partial charge < -0.3 is 19.3 Å². The van der Waals surface area contributed by atoms with Crippen molar-refractivity contribution in [2.45, 2.75) is 168 Å². The summed E-state index contributed by atoms with van der Waals surface area (Å²) >= 11 is 0. The average molecular weight is 683 g/mol. The molecule has 1 atom stereocenters. The summed E-state index contributed by atoms with van der Waals surface area (Å²) in [6.07, 6.45) is 39.8. The quantitative estimate of drug-likeness (QED) is 0.0304. The third-order valence-electron chi connectivity index (χ3n) is 7.61. The molecule has 0 rings (SSSR count). The third kappa shape index (κ3) is 36.7. The van der Waals surface area contributed by atoms with Gasteiger partial charge in [0.1, 0.15) is 6.61 Å². The minimum absolute atomic E-state index is 0.160. The molecular weight excluding hydrogens is 615 g/mol. The molecule has 0 spiro atoms. The monoisotopic (exact) mass is 682 g/mol. The van der Waals surface area contributed by atoms with Crippen molar-refractivity contribution in [1.29, 1.82) is 0 Å². The molecular formula is C38H67O8P. The SMILES string of the molecule is CC/C=C\C/C=C\C/C=C\C/C=C\CCCCC(=O)O[C@H](COC(=O)CCCCCCCCCCCCCCCC)COP(=O)(O)O. The molecule has 47 heavy (non-hydrogen) atoms. The lowest BCUT2D eigenvalue weighted by Gasteiger charge is -2.18. The Morgan fingerprint density at radius 3 is 1.53 bits per heavy atom. The van der Waals surface area contributed by atoms with Crippen molar-refractivity contribution in [2.75, 3.05) is 13.2 Å². The van der Waals surface area contributed by atoms with Gasteiger partial charge in [-0.15, -0.1) is 0 Å². The molecule has 0 saturated carbocycles. The number of hydrogen-bond donors (Lipinski definition) is 2. The highest BCUT2D eigenvalue weighted by Gasteiger charge is 2.22. The molecule has 272 valence electrons. The van der Waals surface area contributed by atoms with E-state index in [-0.39, 0.29) is 19.4 Å². The molecule has 0 unspecified atom stereocenters. The zero-order valence-electron chi connectivity index (χ0n) is 29.7. The summed E-state index contributed by atoms with van der Waals surface area (Å²) in [6, 6.07) is 0. The summed E-state index contributed by atoms with van der Waals surface area (Å²) in [5.74, 6) is -0.934. The molecule has 9 heteroatoms. The van der Waals surface area contributed by atoms with Crippen LogP contribution in [0, 0.1) is 0 Å². The molecule has 0 aliphatic rings. The number of allylic oxidation sites excluding steroid dienone is 8. The maximum atomic E-state index is 12.3. The van der Waals surface area contributed by atoms with Crippen molar-refractivity contribution >= 4 is 19.8 Å². The second-order valence-corrected chi connectivity index (χ2v) is 13.4. The second kappa shape index (κ2) is 33.9. The first-order valence-corrected chi connectivity index (χ1v) is 20.0. The van der Waals surface area contributed by atoms with Crippen molar-refractivity contribution in [3.8, 4) is 0 Å². The Bertz CT molecular complexity index is 905. The maximum absolute atomic E-state index is 12.3. The summed E-state index contributed by atoms with van der Waals surface area (Å²) in [5.41, 5.74) is 0. The highest BCUT2D eigenvalue weighted by molar-refractivity contribution is 7.46. The molecule has 0 aromatic carbocycles. The van der Waals surface area contributed by atoms with E-state index in [4.69, 9.17) is 19.3 Å². The highest BCUT2D eigenvalue weighted by Crippen LogP contribution is 2.36. The van der Waals surface area contributed by atoms with Crippen LogP contribution in [0.5, 0.6) is 0 Å². The van der Waals surface area contributed by atoms with Gasteiger partial charge in [0.2, 0.25) is 0 Å². The van der Waals surface area contributed by atoms with Gasteiger partial charge in [0.15, 0.2) is 6.10 Å². The van der Waals surface area contributed by atoms with Crippen LogP contribution in [0.2, 0.25) is 0 Å². The minimum Gasteiger partial charge on any atom is -0.462 e. The second-order valence-electron chi connectivity index (χ2n) is 12.2. The Balaban J connectivity index is 4.05. The number of phosphoric acid groups is 1. The normalized spacial score (nSPS) is 13.0. The maximum Gasteiger partial charge on any atom is 0.469 e. The number of unbranched alkanes of at least 4 members (excludes halogenated alkanes) is 15. The Morgan fingerprint density at radius 2 is 1.02 bits per heavy atom. The van der Waals surface area contributed by atoms with Crippen molar-refractivity contribution < 1.29 is 37.9 Å². The summed E-state index contributed by atoms with van der Waals surface area (Å²) in [4.78, 5) is 42.6. The zero-order chi connectivity index (χ0) is 34.7. The summed E-state index contributed by atoms with van der Waals surface area (Å²) in [7, 11) is -4.76. The Kier molecular flexibility index (Phi) is 32.5. The van der Waals surface area contributed by atoms with Crippen molar-refractivity contribution in [3.05, 3.63) is 48.6 Å². The number of phosphoric ester groups is 1. The Morgan fingerprint density at radius 1 is 0.574 bits per heavy atom. The van der Waals surface area contributed by atoms with Crippen LogP contribution in [-0.4, -0.2) is 41.0 Å². The molecule has 8 nitrogen and oxygen atoms in total. The molecule has 0 aliphatic carbocycles. The lowest BCUT2D eigenvalue weighted by molar-refractivity contribution is -0.161. The fourth-order valence-corrected chi connectivity index (χ4v) is 5.25. The first-order valence-electron chi connectivity index (χ1n) is 18.4. The fraction of sp³-hybridized carbons (Fsp3) is 0.737. The zero-order valence-corrected chi connectivity index (χ0v) is 30.6. The van der Waals surface area contributed by atoms with Gasteiger partial charge in [0.05, 0.1) is 6.61 Å². The van der Waals surface area contributed by atoms with Gasteiger partial charge >= 0.3 is 19.8 Å². The Hall–Kier alpha value is -1.99. The molecule has 0 fully saturated rings. The molecule has 0 saturated heterocycles. The van der Waals surface area contributed by atoms with E-state index < -0.39 is 32.5 Å². The predicted octanol–water partition coefficient (Wildman–Crippen LogP) is 10.8. The lowest BCUT2D eigenvalue weighted by Crippen LogP contribution is -2.29. The number of hydrogen-bond acceptors (Lipinski definition) is 6. The van der Waals surface area contributed by atoms with Crippen LogP contribution in [-0.2, 0) is 28.2 Å². The van der Waals surface area contributed by atoms with Crippen LogP contribution in [0.4, 0.5) is 0 Å². The molecule has 0 aromatic rings. The van der Waals surface area contributed by atoms with Gasteiger partial charge in [0.25, 0.3) is 0 Å². The molecule has 0 bridgehead atoms. The number of rotatable bonds is 33. The number of carbonyl (C=O) groups is 2. The smallest absolute Gasteiger partial charge is 0.462 e. The van der Waals surface area contributed by atoms with Crippen LogP contribution < -0.4 is 0 Å². The van der Waals surface area contributed by atoms with Gasteiger partial charge in [0, 0.05) is 12.8 Å². The van der Waals surface area contributed by atoms with Crippen molar-refractivity contribution in [1.82, 2.24) is 0 Å². The van der Waals surface area contributed by atoms with E-state index >= 15 is 0 Å². The molecule has 0 aromatic heterocycles. The summed E-state index contributed by atoms with van der Waals surface area (Å²) < 4.78 is 26.2. The van der Waals surface area contributed by atoms with Gasteiger partial charge in [-0.1, -0.05) is 146 Å². The number of ether oxygens (including phenoxy) is 2. The van der Waals surface area contributed by atoms with Crippen LogP contribution in [0.25, 0.3) is 0 Å². The summed E-state index contributed by atoms with van der Waals surface area (Å²) in [6.45, 7) is 3.52.